The van der Waals surface area contributed by atoms with Crippen molar-refractivity contribution >= 4 is 33.3 Å². The van der Waals surface area contributed by atoms with Crippen LogP contribution < -0.4 is 10.2 Å². The fraction of sp³-hybridized carbons (Fsp3) is 0.158. The Hall–Kier alpha value is -2.46. The number of methoxy groups -OCH3 is 1. The summed E-state index contributed by atoms with van der Waals surface area (Å²) in [4.78, 5) is 12.7. The second-order valence-corrected chi connectivity index (χ2v) is 8.57. The van der Waals surface area contributed by atoms with Crippen molar-refractivity contribution in [3.05, 3.63) is 74.2 Å². The van der Waals surface area contributed by atoms with Gasteiger partial charge in [0.2, 0.25) is 5.43 Å². The number of hydrogen-bond acceptors (Lipinski definition) is 6. The highest BCUT2D eigenvalue weighted by Gasteiger charge is 2.21. The van der Waals surface area contributed by atoms with Crippen LogP contribution in [0, 0.1) is 5.82 Å². The van der Waals surface area contributed by atoms with Gasteiger partial charge in [0, 0.05) is 11.6 Å². The third kappa shape index (κ3) is 4.81. The molecule has 3 rings (SSSR count). The van der Waals surface area contributed by atoms with E-state index in [1.54, 1.807) is 18.2 Å². The summed E-state index contributed by atoms with van der Waals surface area (Å²) in [6.07, 6.45) is 0.846. The molecule has 11 heteroatoms. The number of ether oxygens (including phenoxy) is 1. The van der Waals surface area contributed by atoms with Crippen LogP contribution >= 0.6 is 23.2 Å². The molecule has 0 saturated carbocycles. The summed E-state index contributed by atoms with van der Waals surface area (Å²) in [5.74, 6) is -0.0284. The molecule has 0 fully saturated rings. The van der Waals surface area contributed by atoms with Crippen LogP contribution in [-0.2, 0) is 20.9 Å². The molecule has 0 amide bonds. The Balaban J connectivity index is 2.32. The number of benzene rings is 2. The highest BCUT2D eigenvalue weighted by Crippen LogP contribution is 2.32. The molecule has 0 radical (unpaired) electrons. The molecule has 0 aliphatic carbocycles. The monoisotopic (exact) mass is 472 g/mol. The molecule has 3 aromatic rings. The largest absolute Gasteiger partial charge is 0.497 e. The van der Waals surface area contributed by atoms with Crippen molar-refractivity contribution in [2.24, 2.45) is 0 Å². The normalized spacial score (nSPS) is 11.5. The third-order valence-corrected chi connectivity index (χ3v) is 5.23. The molecule has 0 unspecified atom stereocenters. The van der Waals surface area contributed by atoms with Gasteiger partial charge in [-0.2, -0.15) is 13.5 Å². The highest BCUT2D eigenvalue weighted by atomic mass is 35.5. The summed E-state index contributed by atoms with van der Waals surface area (Å²) in [6, 6.07) is 10.0. The van der Waals surface area contributed by atoms with Crippen LogP contribution in [0.2, 0.25) is 10.0 Å². The van der Waals surface area contributed by atoms with Crippen LogP contribution in [0.25, 0.3) is 16.9 Å². The minimum atomic E-state index is -3.83. The molecule has 1 aromatic heterocycles. The minimum absolute atomic E-state index is 0.139. The number of nitrogens with zero attached hydrogens (tertiary/aromatic N) is 2. The van der Waals surface area contributed by atoms with E-state index in [-0.39, 0.29) is 21.4 Å². The molecule has 7 nitrogen and oxygen atoms in total. The van der Waals surface area contributed by atoms with Crippen molar-refractivity contribution in [1.82, 2.24) is 9.78 Å². The first-order chi connectivity index (χ1) is 14.1. The maximum Gasteiger partial charge on any atom is 0.264 e. The van der Waals surface area contributed by atoms with Crippen LogP contribution in [0.15, 0.2) is 47.3 Å². The van der Waals surface area contributed by atoms with Gasteiger partial charge in [-0.05, 0) is 36.4 Å². The van der Waals surface area contributed by atoms with Crippen LogP contribution in [0.4, 0.5) is 4.39 Å². The highest BCUT2D eigenvalue weighted by molar-refractivity contribution is 7.85. The van der Waals surface area contributed by atoms with E-state index >= 15 is 0 Å². The van der Waals surface area contributed by atoms with Crippen molar-refractivity contribution < 1.29 is 21.7 Å². The number of aromatic nitrogens is 2. The Morgan fingerprint density at radius 1 is 1.13 bits per heavy atom. The zero-order valence-corrected chi connectivity index (χ0v) is 18.1. The summed E-state index contributed by atoms with van der Waals surface area (Å²) in [7, 11) is -2.37. The van der Waals surface area contributed by atoms with E-state index in [9.17, 15) is 17.6 Å². The summed E-state index contributed by atoms with van der Waals surface area (Å²) in [5, 5.41) is 4.23. The van der Waals surface area contributed by atoms with E-state index in [1.165, 1.54) is 36.1 Å². The van der Waals surface area contributed by atoms with E-state index in [1.807, 2.05) is 0 Å². The average Bonchev–Trinajstić information content (AvgIpc) is 2.70. The van der Waals surface area contributed by atoms with Gasteiger partial charge in [0.1, 0.15) is 28.9 Å². The van der Waals surface area contributed by atoms with E-state index in [4.69, 9.17) is 32.1 Å². The Morgan fingerprint density at radius 3 is 2.40 bits per heavy atom. The van der Waals surface area contributed by atoms with Gasteiger partial charge < -0.3 is 4.74 Å². The predicted molar refractivity (Wildman–Crippen MR) is 111 cm³/mol. The van der Waals surface area contributed by atoms with E-state index < -0.39 is 28.0 Å². The van der Waals surface area contributed by atoms with Crippen LogP contribution in [-0.4, -0.2) is 31.6 Å². The lowest BCUT2D eigenvalue weighted by atomic mass is 10.1. The van der Waals surface area contributed by atoms with Gasteiger partial charge in [-0.15, -0.1) is 0 Å². The van der Waals surface area contributed by atoms with Crippen molar-refractivity contribution in [2.45, 2.75) is 6.61 Å². The van der Waals surface area contributed by atoms with E-state index in [0.29, 0.717) is 17.0 Å². The standard InChI is InChI=1S/C19H15Cl2FN2O5S/c1-28-13-7-8-14(20)16(9-13)24-18(11-3-5-12(22)6-4-11)17(21)19(25)15(23-24)10-29-30(2,26)27/h3-9H,10H2,1-2H3. The number of rotatable bonds is 6. The average molecular weight is 473 g/mol. The van der Waals surface area contributed by atoms with Gasteiger partial charge in [0.05, 0.1) is 29.8 Å². The first-order valence-electron chi connectivity index (χ1n) is 8.36. The Bertz CT molecular complexity index is 1260. The molecule has 0 spiro atoms. The molecule has 30 heavy (non-hydrogen) atoms. The van der Waals surface area contributed by atoms with Crippen molar-refractivity contribution in [3.8, 4) is 22.7 Å². The molecule has 0 atom stereocenters. The lowest BCUT2D eigenvalue weighted by molar-refractivity contribution is 0.303. The fourth-order valence-electron chi connectivity index (χ4n) is 2.61. The lowest BCUT2D eigenvalue weighted by Crippen LogP contribution is -2.22. The van der Waals surface area contributed by atoms with Gasteiger partial charge in [0.15, 0.2) is 0 Å². The zero-order chi connectivity index (χ0) is 22.1. The topological polar surface area (TPSA) is 87.5 Å². The molecule has 0 aliphatic heterocycles. The van der Waals surface area contributed by atoms with Crippen molar-refractivity contribution in [1.29, 1.82) is 0 Å². The zero-order valence-electron chi connectivity index (χ0n) is 15.7. The summed E-state index contributed by atoms with van der Waals surface area (Å²) in [6.45, 7) is -0.622. The van der Waals surface area contributed by atoms with Gasteiger partial charge in [-0.1, -0.05) is 23.2 Å². The second kappa shape index (κ2) is 8.73. The van der Waals surface area contributed by atoms with Crippen LogP contribution in [0.5, 0.6) is 5.75 Å². The summed E-state index contributed by atoms with van der Waals surface area (Å²) >= 11 is 12.7. The number of halogens is 3. The fourth-order valence-corrected chi connectivity index (χ4v) is 3.43. The molecule has 2 aromatic carbocycles. The Labute approximate surface area is 181 Å². The minimum Gasteiger partial charge on any atom is -0.497 e. The number of hydrogen-bond donors (Lipinski definition) is 0. The first kappa shape index (κ1) is 22.2. The predicted octanol–water partition coefficient (Wildman–Crippen LogP) is 3.83. The third-order valence-electron chi connectivity index (χ3n) is 4.01. The first-order valence-corrected chi connectivity index (χ1v) is 10.9. The van der Waals surface area contributed by atoms with Crippen molar-refractivity contribution in [2.75, 3.05) is 13.4 Å². The Morgan fingerprint density at radius 2 is 1.80 bits per heavy atom. The molecule has 0 N–H and O–H groups in total. The lowest BCUT2D eigenvalue weighted by Gasteiger charge is -2.17. The SMILES string of the molecule is COc1ccc(Cl)c(-n2nc(COS(C)(=O)=O)c(=O)c(Cl)c2-c2ccc(F)cc2)c1. The molecular weight excluding hydrogens is 458 g/mol. The van der Waals surface area contributed by atoms with Crippen LogP contribution in [0.3, 0.4) is 0 Å². The van der Waals surface area contributed by atoms with Crippen molar-refractivity contribution in [3.63, 3.8) is 0 Å². The van der Waals surface area contributed by atoms with Crippen LogP contribution in [0.1, 0.15) is 5.69 Å². The summed E-state index contributed by atoms with van der Waals surface area (Å²) < 4.78 is 47.3. The molecule has 0 saturated heterocycles. The van der Waals surface area contributed by atoms with Gasteiger partial charge in [-0.25, -0.2) is 9.07 Å². The Kier molecular flexibility index (Phi) is 6.47. The molecule has 158 valence electrons. The molecular formula is C19H15Cl2FN2O5S. The van der Waals surface area contributed by atoms with E-state index in [0.717, 1.165) is 6.26 Å². The maximum absolute atomic E-state index is 13.4. The summed E-state index contributed by atoms with van der Waals surface area (Å²) in [5.41, 5.74) is -0.150. The van der Waals surface area contributed by atoms with Gasteiger partial charge >= 0.3 is 0 Å². The second-order valence-electron chi connectivity index (χ2n) is 6.14. The van der Waals surface area contributed by atoms with Gasteiger partial charge in [0.25, 0.3) is 10.1 Å². The molecule has 0 aliphatic rings. The molecule has 1 heterocycles. The smallest absolute Gasteiger partial charge is 0.264 e. The quantitative estimate of drug-likeness (QED) is 0.506. The maximum atomic E-state index is 13.4. The molecule has 0 bridgehead atoms. The van der Waals surface area contributed by atoms with Gasteiger partial charge in [-0.3, -0.25) is 8.98 Å². The van der Waals surface area contributed by atoms with E-state index in [2.05, 4.69) is 5.10 Å².